The van der Waals surface area contributed by atoms with E-state index in [-0.39, 0.29) is 24.3 Å². The summed E-state index contributed by atoms with van der Waals surface area (Å²) >= 11 is 0. The van der Waals surface area contributed by atoms with Crippen molar-refractivity contribution in [1.82, 2.24) is 25.4 Å². The summed E-state index contributed by atoms with van der Waals surface area (Å²) in [6, 6.07) is -0.382. The summed E-state index contributed by atoms with van der Waals surface area (Å²) in [5.41, 5.74) is 0. The van der Waals surface area contributed by atoms with Crippen LogP contribution in [0.25, 0.3) is 0 Å². The fraction of sp³-hybridized carbons (Fsp3) is 0.636. The second kappa shape index (κ2) is 5.72. The Labute approximate surface area is 105 Å². The first-order valence-corrected chi connectivity index (χ1v) is 6.14. The molecule has 98 valence electrons. The van der Waals surface area contributed by atoms with Crippen LogP contribution >= 0.6 is 0 Å². The van der Waals surface area contributed by atoms with E-state index in [4.69, 9.17) is 0 Å². The minimum atomic E-state index is -0.382. The van der Waals surface area contributed by atoms with Gasteiger partial charge < -0.3 is 5.32 Å². The summed E-state index contributed by atoms with van der Waals surface area (Å²) in [5.74, 6) is 0.572. The van der Waals surface area contributed by atoms with Gasteiger partial charge in [-0.1, -0.05) is 6.92 Å². The van der Waals surface area contributed by atoms with E-state index in [0.717, 1.165) is 12.2 Å². The molecule has 1 fully saturated rings. The maximum Gasteiger partial charge on any atom is 0.246 e. The highest BCUT2D eigenvalue weighted by Gasteiger charge is 2.37. The Morgan fingerprint density at radius 3 is 3.06 bits per heavy atom. The zero-order valence-electron chi connectivity index (χ0n) is 10.3. The monoisotopic (exact) mass is 251 g/mol. The molecule has 0 radical (unpaired) electrons. The van der Waals surface area contributed by atoms with Crippen LogP contribution in [-0.2, 0) is 16.0 Å². The zero-order valence-corrected chi connectivity index (χ0v) is 10.3. The molecule has 1 aliphatic heterocycles. The van der Waals surface area contributed by atoms with E-state index in [2.05, 4.69) is 20.5 Å². The molecule has 0 spiro atoms. The standard InChI is InChI=1S/C11H17N5O2/c1-2-5-16-10(17)6-8(11(16)18)12-4-3-9-13-7-14-15-9/h7-8,12H,2-6H2,1H3,(H,13,14,15). The molecule has 1 saturated heterocycles. The van der Waals surface area contributed by atoms with Crippen LogP contribution in [-0.4, -0.2) is 51.0 Å². The van der Waals surface area contributed by atoms with E-state index in [0.29, 0.717) is 19.5 Å². The number of nitrogens with one attached hydrogen (secondary N) is 2. The predicted octanol–water partition coefficient (Wildman–Crippen LogP) is -0.526. The van der Waals surface area contributed by atoms with E-state index >= 15 is 0 Å². The van der Waals surface area contributed by atoms with Gasteiger partial charge in [0.05, 0.1) is 12.5 Å². The second-order valence-corrected chi connectivity index (χ2v) is 4.28. The molecule has 2 heterocycles. The first-order valence-electron chi connectivity index (χ1n) is 6.14. The molecule has 0 saturated carbocycles. The topological polar surface area (TPSA) is 91.0 Å². The molecule has 1 aromatic heterocycles. The van der Waals surface area contributed by atoms with Gasteiger partial charge in [-0.25, -0.2) is 4.98 Å². The highest BCUT2D eigenvalue weighted by Crippen LogP contribution is 2.13. The molecule has 1 aliphatic rings. The van der Waals surface area contributed by atoms with Crippen molar-refractivity contribution in [3.05, 3.63) is 12.2 Å². The molecule has 18 heavy (non-hydrogen) atoms. The number of rotatable bonds is 6. The fourth-order valence-corrected chi connectivity index (χ4v) is 2.02. The summed E-state index contributed by atoms with van der Waals surface area (Å²) < 4.78 is 0. The molecule has 2 N–H and O–H groups in total. The van der Waals surface area contributed by atoms with Crippen molar-refractivity contribution in [3.8, 4) is 0 Å². The van der Waals surface area contributed by atoms with Gasteiger partial charge >= 0.3 is 0 Å². The van der Waals surface area contributed by atoms with Crippen LogP contribution in [0.4, 0.5) is 0 Å². The normalized spacial score (nSPS) is 19.8. The second-order valence-electron chi connectivity index (χ2n) is 4.28. The van der Waals surface area contributed by atoms with Crippen LogP contribution < -0.4 is 5.32 Å². The number of carbonyl (C=O) groups excluding carboxylic acids is 2. The lowest BCUT2D eigenvalue weighted by molar-refractivity contribution is -0.138. The zero-order chi connectivity index (χ0) is 13.0. The van der Waals surface area contributed by atoms with E-state index in [1.54, 1.807) is 0 Å². The summed E-state index contributed by atoms with van der Waals surface area (Å²) in [6.07, 6.45) is 3.16. The van der Waals surface area contributed by atoms with Crippen molar-refractivity contribution in [2.75, 3.05) is 13.1 Å². The number of aromatic amines is 1. The van der Waals surface area contributed by atoms with Gasteiger partial charge in [-0.05, 0) is 6.42 Å². The number of hydrogen-bond donors (Lipinski definition) is 2. The maximum absolute atomic E-state index is 11.9. The fourth-order valence-electron chi connectivity index (χ4n) is 2.02. The lowest BCUT2D eigenvalue weighted by Gasteiger charge is -2.13. The third kappa shape index (κ3) is 2.73. The van der Waals surface area contributed by atoms with Crippen LogP contribution in [0.5, 0.6) is 0 Å². The van der Waals surface area contributed by atoms with E-state index < -0.39 is 0 Å². The average molecular weight is 251 g/mol. The minimum absolute atomic E-state index is 0.0842. The molecular formula is C11H17N5O2. The van der Waals surface area contributed by atoms with E-state index in [1.807, 2.05) is 6.92 Å². The van der Waals surface area contributed by atoms with Gasteiger partial charge in [0.1, 0.15) is 12.2 Å². The van der Waals surface area contributed by atoms with Crippen molar-refractivity contribution in [2.45, 2.75) is 32.2 Å². The number of aromatic nitrogens is 3. The van der Waals surface area contributed by atoms with E-state index in [1.165, 1.54) is 11.2 Å². The highest BCUT2D eigenvalue weighted by molar-refractivity contribution is 6.05. The lowest BCUT2D eigenvalue weighted by Crippen LogP contribution is -2.39. The van der Waals surface area contributed by atoms with Crippen molar-refractivity contribution in [2.24, 2.45) is 0 Å². The Morgan fingerprint density at radius 2 is 2.39 bits per heavy atom. The van der Waals surface area contributed by atoms with Gasteiger partial charge in [0, 0.05) is 19.5 Å². The van der Waals surface area contributed by atoms with Crippen LogP contribution in [0.3, 0.4) is 0 Å². The SMILES string of the molecule is CCCN1C(=O)CC(NCCc2ncn[nH]2)C1=O. The van der Waals surface area contributed by atoms with Gasteiger partial charge in [0.25, 0.3) is 0 Å². The molecule has 1 unspecified atom stereocenters. The van der Waals surface area contributed by atoms with Gasteiger partial charge in [-0.15, -0.1) is 0 Å². The summed E-state index contributed by atoms with van der Waals surface area (Å²) in [5, 5.41) is 9.58. The number of imide groups is 1. The third-order valence-electron chi connectivity index (χ3n) is 2.91. The summed E-state index contributed by atoms with van der Waals surface area (Å²) in [6.45, 7) is 3.06. The highest BCUT2D eigenvalue weighted by atomic mass is 16.2. The van der Waals surface area contributed by atoms with Crippen molar-refractivity contribution < 1.29 is 9.59 Å². The number of carbonyl (C=O) groups is 2. The van der Waals surface area contributed by atoms with Crippen molar-refractivity contribution in [1.29, 1.82) is 0 Å². The van der Waals surface area contributed by atoms with Crippen molar-refractivity contribution in [3.63, 3.8) is 0 Å². The number of amides is 2. The van der Waals surface area contributed by atoms with Crippen LogP contribution in [0.2, 0.25) is 0 Å². The Bertz CT molecular complexity index is 417. The first-order chi connectivity index (χ1) is 8.72. The molecule has 0 bridgehead atoms. The Kier molecular flexibility index (Phi) is 4.03. The smallest absolute Gasteiger partial charge is 0.246 e. The van der Waals surface area contributed by atoms with Gasteiger partial charge in [0.2, 0.25) is 11.8 Å². The Morgan fingerprint density at radius 1 is 1.56 bits per heavy atom. The van der Waals surface area contributed by atoms with Crippen molar-refractivity contribution >= 4 is 11.8 Å². The van der Waals surface area contributed by atoms with E-state index in [9.17, 15) is 9.59 Å². The Balaban J connectivity index is 1.80. The maximum atomic E-state index is 11.9. The van der Waals surface area contributed by atoms with Gasteiger partial charge in [0.15, 0.2) is 0 Å². The first kappa shape index (κ1) is 12.7. The average Bonchev–Trinajstić information content (AvgIpc) is 2.94. The summed E-state index contributed by atoms with van der Waals surface area (Å²) in [4.78, 5) is 28.8. The molecule has 0 aromatic carbocycles. The predicted molar refractivity (Wildman–Crippen MR) is 63.5 cm³/mol. The molecule has 0 aliphatic carbocycles. The molecule has 7 heteroatoms. The number of nitrogens with zero attached hydrogens (tertiary/aromatic N) is 3. The number of H-pyrrole nitrogens is 1. The third-order valence-corrected chi connectivity index (χ3v) is 2.91. The minimum Gasteiger partial charge on any atom is -0.305 e. The molecule has 7 nitrogen and oxygen atoms in total. The summed E-state index contributed by atoms with van der Waals surface area (Å²) in [7, 11) is 0. The largest absolute Gasteiger partial charge is 0.305 e. The number of hydrogen-bond acceptors (Lipinski definition) is 5. The molecular weight excluding hydrogens is 234 g/mol. The molecule has 2 rings (SSSR count). The molecule has 1 atom stereocenters. The Hall–Kier alpha value is -1.76. The molecule has 1 aromatic rings. The van der Waals surface area contributed by atoms with Crippen LogP contribution in [0.15, 0.2) is 6.33 Å². The van der Waals surface area contributed by atoms with Gasteiger partial charge in [-0.3, -0.25) is 19.6 Å². The lowest BCUT2D eigenvalue weighted by atomic mass is 10.2. The number of likely N-dealkylation sites (tertiary alicyclic amines) is 1. The van der Waals surface area contributed by atoms with Gasteiger partial charge in [-0.2, -0.15) is 5.10 Å². The molecule has 2 amide bonds. The van der Waals surface area contributed by atoms with Crippen LogP contribution in [0.1, 0.15) is 25.6 Å². The van der Waals surface area contributed by atoms with Crippen LogP contribution in [0, 0.1) is 0 Å². The quantitative estimate of drug-likeness (QED) is 0.663.